The summed E-state index contributed by atoms with van der Waals surface area (Å²) < 4.78 is 0. The summed E-state index contributed by atoms with van der Waals surface area (Å²) in [5.74, 6) is -0.145. The minimum atomic E-state index is -0.945. The molecule has 0 heterocycles. The van der Waals surface area contributed by atoms with Gasteiger partial charge in [-0.2, -0.15) is 11.8 Å². The topological polar surface area (TPSA) is 66.4 Å². The molecule has 0 saturated heterocycles. The maximum Gasteiger partial charge on any atom is 0.335 e. The van der Waals surface area contributed by atoms with E-state index >= 15 is 0 Å². The summed E-state index contributed by atoms with van der Waals surface area (Å²) in [7, 11) is 0. The van der Waals surface area contributed by atoms with Crippen LogP contribution in [0.3, 0.4) is 0 Å². The van der Waals surface area contributed by atoms with Gasteiger partial charge in [-0.3, -0.25) is 4.79 Å². The Hall–Kier alpha value is -1.49. The second-order valence-electron chi connectivity index (χ2n) is 4.08. The zero-order valence-electron chi connectivity index (χ0n) is 10.5. The molecule has 1 unspecified atom stereocenters. The van der Waals surface area contributed by atoms with Crippen LogP contribution in [0.15, 0.2) is 24.3 Å². The monoisotopic (exact) mass is 267 g/mol. The number of hydrogen-bond acceptors (Lipinski definition) is 3. The van der Waals surface area contributed by atoms with Gasteiger partial charge in [0.1, 0.15) is 0 Å². The molecule has 5 heteroatoms. The highest BCUT2D eigenvalue weighted by Crippen LogP contribution is 2.07. The minimum Gasteiger partial charge on any atom is -0.478 e. The van der Waals surface area contributed by atoms with Gasteiger partial charge in [0.2, 0.25) is 5.91 Å². The number of aromatic carboxylic acids is 1. The van der Waals surface area contributed by atoms with Gasteiger partial charge in [0.15, 0.2) is 0 Å². The average molecular weight is 267 g/mol. The Morgan fingerprint density at radius 2 is 1.94 bits per heavy atom. The van der Waals surface area contributed by atoms with Crippen molar-refractivity contribution in [3.05, 3.63) is 35.4 Å². The average Bonchev–Trinajstić information content (AvgIpc) is 2.36. The molecule has 2 N–H and O–H groups in total. The Morgan fingerprint density at radius 1 is 1.33 bits per heavy atom. The summed E-state index contributed by atoms with van der Waals surface area (Å²) in [6, 6.07) is 6.50. The highest BCUT2D eigenvalue weighted by atomic mass is 32.2. The summed E-state index contributed by atoms with van der Waals surface area (Å²) in [6.07, 6.45) is 1.97. The number of carboxylic acids is 1. The number of carboxylic acid groups (broad SMARTS) is 1. The lowest BCUT2D eigenvalue weighted by molar-refractivity contribution is -0.124. The summed E-state index contributed by atoms with van der Waals surface area (Å²) in [4.78, 5) is 22.3. The number of amides is 1. The molecule has 1 atom stereocenters. The predicted molar refractivity (Wildman–Crippen MR) is 72.8 cm³/mol. The first-order valence-electron chi connectivity index (χ1n) is 5.63. The van der Waals surface area contributed by atoms with Gasteiger partial charge < -0.3 is 10.4 Å². The highest BCUT2D eigenvalue weighted by molar-refractivity contribution is 7.98. The molecule has 1 amide bonds. The fraction of sp³-hybridized carbons (Fsp3) is 0.385. The first kappa shape index (κ1) is 14.6. The van der Waals surface area contributed by atoms with Gasteiger partial charge in [0.25, 0.3) is 0 Å². The van der Waals surface area contributed by atoms with E-state index in [0.717, 1.165) is 11.3 Å². The van der Waals surface area contributed by atoms with Crippen molar-refractivity contribution in [1.82, 2.24) is 5.32 Å². The molecule has 4 nitrogen and oxygen atoms in total. The molecule has 0 aliphatic heterocycles. The number of nitrogens with one attached hydrogen (secondary N) is 1. The first-order chi connectivity index (χ1) is 8.54. The lowest BCUT2D eigenvalue weighted by atomic mass is 10.1. The van der Waals surface area contributed by atoms with E-state index in [2.05, 4.69) is 5.32 Å². The van der Waals surface area contributed by atoms with Gasteiger partial charge in [-0.15, -0.1) is 0 Å². The normalized spacial score (nSPS) is 11.9. The zero-order chi connectivity index (χ0) is 13.5. The van der Waals surface area contributed by atoms with E-state index in [4.69, 9.17) is 5.11 Å². The van der Waals surface area contributed by atoms with E-state index < -0.39 is 5.97 Å². The van der Waals surface area contributed by atoms with E-state index in [0.29, 0.717) is 6.54 Å². The SMILES string of the molecule is CSCC(C)C(=O)NCc1ccc(C(=O)O)cc1. The molecule has 0 aromatic heterocycles. The summed E-state index contributed by atoms with van der Waals surface area (Å²) >= 11 is 1.64. The highest BCUT2D eigenvalue weighted by Gasteiger charge is 2.11. The molecule has 0 bridgehead atoms. The van der Waals surface area contributed by atoms with Crippen LogP contribution in [0.1, 0.15) is 22.8 Å². The van der Waals surface area contributed by atoms with Gasteiger partial charge in [-0.05, 0) is 24.0 Å². The van der Waals surface area contributed by atoms with Crippen molar-refractivity contribution in [2.24, 2.45) is 5.92 Å². The molecule has 98 valence electrons. The molecule has 0 spiro atoms. The zero-order valence-corrected chi connectivity index (χ0v) is 11.3. The standard InChI is InChI=1S/C13H17NO3S/c1-9(8-18-2)12(15)14-7-10-3-5-11(6-4-10)13(16)17/h3-6,9H,7-8H2,1-2H3,(H,14,15)(H,16,17). The van der Waals surface area contributed by atoms with E-state index in [1.54, 1.807) is 23.9 Å². The van der Waals surface area contributed by atoms with Crippen molar-refractivity contribution in [1.29, 1.82) is 0 Å². The van der Waals surface area contributed by atoms with Crippen LogP contribution in [0.4, 0.5) is 0 Å². The molecule has 18 heavy (non-hydrogen) atoms. The fourth-order valence-corrected chi connectivity index (χ4v) is 2.11. The van der Waals surface area contributed by atoms with Crippen LogP contribution in [0.2, 0.25) is 0 Å². The van der Waals surface area contributed by atoms with E-state index in [9.17, 15) is 9.59 Å². The third kappa shape index (κ3) is 4.41. The minimum absolute atomic E-state index is 0.0155. The van der Waals surface area contributed by atoms with Crippen molar-refractivity contribution < 1.29 is 14.7 Å². The Kier molecular flexibility index (Phi) is 5.71. The second kappa shape index (κ2) is 7.06. The van der Waals surface area contributed by atoms with Crippen LogP contribution in [0.5, 0.6) is 0 Å². The number of rotatable bonds is 6. The van der Waals surface area contributed by atoms with Crippen molar-refractivity contribution in [3.63, 3.8) is 0 Å². The Balaban J connectivity index is 2.48. The molecule has 1 aromatic rings. The lowest BCUT2D eigenvalue weighted by Gasteiger charge is -2.10. The smallest absolute Gasteiger partial charge is 0.335 e. The van der Waals surface area contributed by atoms with Crippen molar-refractivity contribution in [3.8, 4) is 0 Å². The molecule has 1 aromatic carbocycles. The summed E-state index contributed by atoms with van der Waals surface area (Å²) in [6.45, 7) is 2.32. The van der Waals surface area contributed by atoms with Crippen LogP contribution in [0.25, 0.3) is 0 Å². The van der Waals surface area contributed by atoms with Gasteiger partial charge in [0.05, 0.1) is 5.56 Å². The maximum absolute atomic E-state index is 11.7. The van der Waals surface area contributed by atoms with E-state index in [-0.39, 0.29) is 17.4 Å². The number of hydrogen-bond donors (Lipinski definition) is 2. The third-order valence-electron chi connectivity index (χ3n) is 2.53. The van der Waals surface area contributed by atoms with Gasteiger partial charge in [-0.25, -0.2) is 4.79 Å². The van der Waals surface area contributed by atoms with Crippen LogP contribution in [0, 0.1) is 5.92 Å². The Bertz CT molecular complexity index is 417. The quantitative estimate of drug-likeness (QED) is 0.827. The molecule has 0 fully saturated rings. The molecular formula is C13H17NO3S. The van der Waals surface area contributed by atoms with Gasteiger partial charge >= 0.3 is 5.97 Å². The molecule has 0 radical (unpaired) electrons. The number of benzene rings is 1. The number of carbonyl (C=O) groups is 2. The fourth-order valence-electron chi connectivity index (χ4n) is 1.45. The lowest BCUT2D eigenvalue weighted by Crippen LogP contribution is -2.29. The summed E-state index contributed by atoms with van der Waals surface area (Å²) in [5, 5.41) is 11.6. The molecule has 0 saturated carbocycles. The van der Waals surface area contributed by atoms with Crippen molar-refractivity contribution in [2.45, 2.75) is 13.5 Å². The third-order valence-corrected chi connectivity index (χ3v) is 3.37. The molecule has 0 aliphatic rings. The van der Waals surface area contributed by atoms with Gasteiger partial charge in [-0.1, -0.05) is 19.1 Å². The molecule has 0 aliphatic carbocycles. The van der Waals surface area contributed by atoms with Crippen LogP contribution in [-0.4, -0.2) is 29.0 Å². The summed E-state index contributed by atoms with van der Waals surface area (Å²) in [5.41, 5.74) is 1.14. The maximum atomic E-state index is 11.7. The van der Waals surface area contributed by atoms with E-state index in [1.165, 1.54) is 12.1 Å². The molecular weight excluding hydrogens is 250 g/mol. The number of thioether (sulfide) groups is 1. The van der Waals surface area contributed by atoms with Crippen molar-refractivity contribution >= 4 is 23.6 Å². The first-order valence-corrected chi connectivity index (χ1v) is 7.03. The Morgan fingerprint density at radius 3 is 2.44 bits per heavy atom. The van der Waals surface area contributed by atoms with Crippen LogP contribution in [-0.2, 0) is 11.3 Å². The van der Waals surface area contributed by atoms with Crippen molar-refractivity contribution in [2.75, 3.05) is 12.0 Å². The van der Waals surface area contributed by atoms with Crippen LogP contribution < -0.4 is 5.32 Å². The van der Waals surface area contributed by atoms with Gasteiger partial charge in [0, 0.05) is 18.2 Å². The van der Waals surface area contributed by atoms with Crippen LogP contribution >= 0.6 is 11.8 Å². The van der Waals surface area contributed by atoms with E-state index in [1.807, 2.05) is 13.2 Å². The largest absolute Gasteiger partial charge is 0.478 e. The predicted octanol–water partition coefficient (Wildman–Crippen LogP) is 2.00. The number of carbonyl (C=O) groups excluding carboxylic acids is 1. The Labute approximate surface area is 111 Å². The molecule has 1 rings (SSSR count). The second-order valence-corrected chi connectivity index (χ2v) is 4.99.